The van der Waals surface area contributed by atoms with Gasteiger partial charge in [-0.3, -0.25) is 9.48 Å². The summed E-state index contributed by atoms with van der Waals surface area (Å²) in [5.41, 5.74) is 1.22. The SMILES string of the molecule is CCc1nn(C)cc1C(NC(C)=O)C(=O)O. The van der Waals surface area contributed by atoms with Gasteiger partial charge in [0.2, 0.25) is 5.91 Å². The zero-order chi connectivity index (χ0) is 12.3. The molecule has 1 amide bonds. The largest absolute Gasteiger partial charge is 0.479 e. The molecule has 16 heavy (non-hydrogen) atoms. The highest BCUT2D eigenvalue weighted by Crippen LogP contribution is 2.17. The smallest absolute Gasteiger partial charge is 0.331 e. The minimum Gasteiger partial charge on any atom is -0.479 e. The Bertz CT molecular complexity index is 411. The van der Waals surface area contributed by atoms with E-state index in [0.29, 0.717) is 17.7 Å². The van der Waals surface area contributed by atoms with Gasteiger partial charge in [-0.1, -0.05) is 6.92 Å². The average Bonchev–Trinajstić information content (AvgIpc) is 2.55. The summed E-state index contributed by atoms with van der Waals surface area (Å²) >= 11 is 0. The lowest BCUT2D eigenvalue weighted by Gasteiger charge is -2.12. The van der Waals surface area contributed by atoms with E-state index in [1.807, 2.05) is 6.92 Å². The van der Waals surface area contributed by atoms with Crippen LogP contribution in [-0.4, -0.2) is 26.8 Å². The zero-order valence-corrected chi connectivity index (χ0v) is 9.52. The number of aromatic nitrogens is 2. The van der Waals surface area contributed by atoms with Crippen LogP contribution in [0.15, 0.2) is 6.20 Å². The lowest BCUT2D eigenvalue weighted by Crippen LogP contribution is -2.32. The molecule has 0 aliphatic rings. The summed E-state index contributed by atoms with van der Waals surface area (Å²) < 4.78 is 1.55. The summed E-state index contributed by atoms with van der Waals surface area (Å²) in [7, 11) is 1.72. The van der Waals surface area contributed by atoms with E-state index < -0.39 is 12.0 Å². The van der Waals surface area contributed by atoms with Crippen molar-refractivity contribution in [3.8, 4) is 0 Å². The Balaban J connectivity index is 3.09. The molecule has 1 unspecified atom stereocenters. The van der Waals surface area contributed by atoms with Gasteiger partial charge in [0.25, 0.3) is 0 Å². The molecular weight excluding hydrogens is 210 g/mol. The van der Waals surface area contributed by atoms with Crippen molar-refractivity contribution in [3.05, 3.63) is 17.5 Å². The van der Waals surface area contributed by atoms with Crippen LogP contribution in [-0.2, 0) is 23.1 Å². The molecule has 1 rings (SSSR count). The van der Waals surface area contributed by atoms with Crippen molar-refractivity contribution in [3.63, 3.8) is 0 Å². The summed E-state index contributed by atoms with van der Waals surface area (Å²) in [6.45, 7) is 3.18. The van der Waals surface area contributed by atoms with Gasteiger partial charge in [-0.05, 0) is 6.42 Å². The highest BCUT2D eigenvalue weighted by atomic mass is 16.4. The van der Waals surface area contributed by atoms with Gasteiger partial charge in [0.05, 0.1) is 5.69 Å². The van der Waals surface area contributed by atoms with Crippen LogP contribution in [0.25, 0.3) is 0 Å². The number of carbonyl (C=O) groups excluding carboxylic acids is 1. The molecule has 1 heterocycles. The summed E-state index contributed by atoms with van der Waals surface area (Å²) in [6, 6.07) is -1.03. The number of nitrogens with one attached hydrogen (secondary N) is 1. The Morgan fingerprint density at radius 2 is 2.25 bits per heavy atom. The van der Waals surface area contributed by atoms with Gasteiger partial charge < -0.3 is 10.4 Å². The monoisotopic (exact) mass is 225 g/mol. The number of aryl methyl sites for hydroxylation is 2. The van der Waals surface area contributed by atoms with E-state index in [4.69, 9.17) is 5.11 Å². The molecule has 0 bridgehead atoms. The molecule has 0 aliphatic heterocycles. The number of carbonyl (C=O) groups is 2. The predicted molar refractivity (Wildman–Crippen MR) is 56.8 cm³/mol. The van der Waals surface area contributed by atoms with Crippen LogP contribution in [0.1, 0.15) is 31.1 Å². The number of amides is 1. The molecule has 1 atom stereocenters. The van der Waals surface area contributed by atoms with E-state index >= 15 is 0 Å². The minimum atomic E-state index is -1.09. The zero-order valence-electron chi connectivity index (χ0n) is 9.52. The summed E-state index contributed by atoms with van der Waals surface area (Å²) in [5, 5.41) is 15.6. The first kappa shape index (κ1) is 12.2. The molecule has 1 aromatic heterocycles. The van der Waals surface area contributed by atoms with E-state index in [2.05, 4.69) is 10.4 Å². The summed E-state index contributed by atoms with van der Waals surface area (Å²) in [6.07, 6.45) is 2.24. The Kier molecular flexibility index (Phi) is 3.65. The van der Waals surface area contributed by atoms with Gasteiger partial charge in [-0.25, -0.2) is 4.79 Å². The van der Waals surface area contributed by atoms with E-state index in [-0.39, 0.29) is 5.91 Å². The fourth-order valence-electron chi connectivity index (χ4n) is 1.54. The molecule has 0 aliphatic carbocycles. The minimum absolute atomic E-state index is 0.377. The maximum Gasteiger partial charge on any atom is 0.331 e. The number of aliphatic carboxylic acids is 1. The van der Waals surface area contributed by atoms with Crippen LogP contribution in [0.2, 0.25) is 0 Å². The highest BCUT2D eigenvalue weighted by molar-refractivity contribution is 5.83. The van der Waals surface area contributed by atoms with Crippen molar-refractivity contribution in [1.29, 1.82) is 0 Å². The third-order valence-electron chi connectivity index (χ3n) is 2.18. The van der Waals surface area contributed by atoms with Crippen molar-refractivity contribution in [1.82, 2.24) is 15.1 Å². The fourth-order valence-corrected chi connectivity index (χ4v) is 1.54. The number of nitrogens with zero attached hydrogens (tertiary/aromatic N) is 2. The lowest BCUT2D eigenvalue weighted by molar-refractivity contribution is -0.141. The van der Waals surface area contributed by atoms with Crippen molar-refractivity contribution in [2.75, 3.05) is 0 Å². The topological polar surface area (TPSA) is 84.2 Å². The van der Waals surface area contributed by atoms with Crippen LogP contribution >= 0.6 is 0 Å². The van der Waals surface area contributed by atoms with E-state index in [1.165, 1.54) is 6.92 Å². The first-order valence-corrected chi connectivity index (χ1v) is 4.98. The molecule has 0 saturated carbocycles. The molecule has 0 spiro atoms. The molecule has 6 heteroatoms. The Hall–Kier alpha value is -1.85. The predicted octanol–water partition coefficient (Wildman–Crippen LogP) is 0.244. The van der Waals surface area contributed by atoms with Crippen LogP contribution < -0.4 is 5.32 Å². The van der Waals surface area contributed by atoms with Crippen molar-refractivity contribution in [2.45, 2.75) is 26.3 Å². The molecule has 0 radical (unpaired) electrons. The third kappa shape index (κ3) is 2.59. The number of hydrogen-bond acceptors (Lipinski definition) is 3. The summed E-state index contributed by atoms with van der Waals surface area (Å²) in [5.74, 6) is -1.46. The second-order valence-electron chi connectivity index (χ2n) is 3.53. The Morgan fingerprint density at radius 3 is 2.69 bits per heavy atom. The molecule has 0 aromatic carbocycles. The normalized spacial score (nSPS) is 12.2. The first-order valence-electron chi connectivity index (χ1n) is 4.98. The van der Waals surface area contributed by atoms with E-state index in [1.54, 1.807) is 17.9 Å². The highest BCUT2D eigenvalue weighted by Gasteiger charge is 2.25. The molecule has 2 N–H and O–H groups in total. The number of carboxylic acid groups (broad SMARTS) is 1. The molecule has 0 saturated heterocycles. The lowest BCUT2D eigenvalue weighted by atomic mass is 10.1. The molecule has 6 nitrogen and oxygen atoms in total. The maximum atomic E-state index is 11.1. The van der Waals surface area contributed by atoms with E-state index in [9.17, 15) is 9.59 Å². The Labute approximate surface area is 93.3 Å². The molecule has 0 fully saturated rings. The van der Waals surface area contributed by atoms with E-state index in [0.717, 1.165) is 0 Å². The van der Waals surface area contributed by atoms with Crippen molar-refractivity contribution in [2.24, 2.45) is 7.05 Å². The average molecular weight is 225 g/mol. The first-order chi connectivity index (χ1) is 7.45. The van der Waals surface area contributed by atoms with Gasteiger partial charge in [0, 0.05) is 25.7 Å². The van der Waals surface area contributed by atoms with Crippen LogP contribution in [0.5, 0.6) is 0 Å². The van der Waals surface area contributed by atoms with Crippen LogP contribution in [0.3, 0.4) is 0 Å². The summed E-state index contributed by atoms with van der Waals surface area (Å²) in [4.78, 5) is 22.0. The van der Waals surface area contributed by atoms with Crippen LogP contribution in [0.4, 0.5) is 0 Å². The van der Waals surface area contributed by atoms with Gasteiger partial charge in [0.15, 0.2) is 6.04 Å². The molecule has 88 valence electrons. The quantitative estimate of drug-likeness (QED) is 0.769. The maximum absolute atomic E-state index is 11.1. The van der Waals surface area contributed by atoms with Gasteiger partial charge in [-0.15, -0.1) is 0 Å². The Morgan fingerprint density at radius 1 is 1.62 bits per heavy atom. The van der Waals surface area contributed by atoms with Gasteiger partial charge in [-0.2, -0.15) is 5.10 Å². The second kappa shape index (κ2) is 4.78. The van der Waals surface area contributed by atoms with Crippen molar-refractivity contribution < 1.29 is 14.7 Å². The third-order valence-corrected chi connectivity index (χ3v) is 2.18. The van der Waals surface area contributed by atoms with Gasteiger partial charge >= 0.3 is 5.97 Å². The van der Waals surface area contributed by atoms with Gasteiger partial charge in [0.1, 0.15) is 0 Å². The molecular formula is C10H15N3O3. The standard InChI is InChI=1S/C10H15N3O3/c1-4-8-7(5-13(3)12-8)9(10(15)16)11-6(2)14/h5,9H,4H2,1-3H3,(H,11,14)(H,15,16). The molecule has 1 aromatic rings. The second-order valence-corrected chi connectivity index (χ2v) is 3.53. The van der Waals surface area contributed by atoms with Crippen molar-refractivity contribution >= 4 is 11.9 Å². The number of hydrogen-bond donors (Lipinski definition) is 2. The fraction of sp³-hybridized carbons (Fsp3) is 0.500. The number of carboxylic acids is 1. The van der Waals surface area contributed by atoms with Crippen LogP contribution in [0, 0.1) is 0 Å². The number of rotatable bonds is 4.